The predicted octanol–water partition coefficient (Wildman–Crippen LogP) is 9.50. The average Bonchev–Trinajstić information content (AvgIpc) is 3.62. The van der Waals surface area contributed by atoms with Gasteiger partial charge in [0, 0.05) is 21.9 Å². The van der Waals surface area contributed by atoms with E-state index in [2.05, 4.69) is 36.4 Å². The molecule has 0 aliphatic heterocycles. The Morgan fingerprint density at radius 2 is 0.740 bits per heavy atom. The molecule has 236 valence electrons. The minimum Gasteiger partial charge on any atom is -0.308 e. The lowest BCUT2D eigenvalue weighted by molar-refractivity contribution is 1.18. The van der Waals surface area contributed by atoms with Crippen LogP contribution in [0.1, 0.15) is 13.7 Å². The molecule has 0 aliphatic rings. The summed E-state index contributed by atoms with van der Waals surface area (Å²) in [6, 6.07) is 44.5. The van der Waals surface area contributed by atoms with Gasteiger partial charge in [0.2, 0.25) is 0 Å². The van der Waals surface area contributed by atoms with Crippen molar-refractivity contribution >= 4 is 50.6 Å². The predicted molar refractivity (Wildman–Crippen MR) is 215 cm³/mol. The molecule has 0 radical (unpaired) electrons. The van der Waals surface area contributed by atoms with Crippen molar-refractivity contribution in [1.82, 2.24) is 4.57 Å². The second-order valence-corrected chi connectivity index (χ2v) is 15.9. The Hall–Kier alpha value is -6.22. The summed E-state index contributed by atoms with van der Waals surface area (Å²) >= 11 is 0. The number of aromatic nitrogens is 1. The average molecular weight is 664 g/mol. The lowest BCUT2D eigenvalue weighted by Gasteiger charge is -2.36. The van der Waals surface area contributed by atoms with Crippen LogP contribution in [0.3, 0.4) is 0 Å². The SMILES string of the molecule is [2H]c1c([2H])c([2H])c(-c2cc([Si](c3ccccc3)(c3ccccc3)c3ccccc3)cc(-c3c([2H])c([2H])c([2H])c([2H])c3[2H])c2-n2c3ccccc3c3ccccc32)c([2H])c1[2H]. The van der Waals surface area contributed by atoms with Crippen molar-refractivity contribution in [1.29, 1.82) is 0 Å². The fourth-order valence-electron chi connectivity index (χ4n) is 7.47. The fourth-order valence-corrected chi connectivity index (χ4v) is 12.3. The molecule has 1 aromatic heterocycles. The highest BCUT2D eigenvalue weighted by Crippen LogP contribution is 2.41. The number of rotatable bonds is 7. The van der Waals surface area contributed by atoms with Crippen LogP contribution >= 0.6 is 0 Å². The molecule has 0 bridgehead atoms. The summed E-state index contributed by atoms with van der Waals surface area (Å²) in [6.07, 6.45) is 0. The van der Waals surface area contributed by atoms with Gasteiger partial charge in [0.1, 0.15) is 0 Å². The van der Waals surface area contributed by atoms with Crippen molar-refractivity contribution in [2.75, 3.05) is 0 Å². The van der Waals surface area contributed by atoms with Gasteiger partial charge in [0.15, 0.2) is 8.07 Å². The molecule has 0 saturated carbocycles. The molecule has 50 heavy (non-hydrogen) atoms. The molecule has 2 heteroatoms. The Morgan fingerprint density at radius 1 is 0.380 bits per heavy atom. The van der Waals surface area contributed by atoms with Crippen LogP contribution in [-0.2, 0) is 0 Å². The topological polar surface area (TPSA) is 4.93 Å². The molecule has 0 saturated heterocycles. The summed E-state index contributed by atoms with van der Waals surface area (Å²) in [4.78, 5) is 0. The first-order valence-corrected chi connectivity index (χ1v) is 18.5. The Kier molecular flexibility index (Phi) is 5.32. The molecule has 0 aliphatic carbocycles. The summed E-state index contributed by atoms with van der Waals surface area (Å²) < 4.78 is 92.6. The second-order valence-electron chi connectivity index (χ2n) is 12.1. The van der Waals surface area contributed by atoms with Crippen LogP contribution < -0.4 is 20.7 Å². The van der Waals surface area contributed by atoms with E-state index in [9.17, 15) is 5.48 Å². The van der Waals surface area contributed by atoms with Crippen molar-refractivity contribution < 1.29 is 13.7 Å². The molecule has 1 nitrogen and oxygen atoms in total. The number of para-hydroxylation sites is 2. The van der Waals surface area contributed by atoms with Gasteiger partial charge in [0.25, 0.3) is 0 Å². The van der Waals surface area contributed by atoms with Gasteiger partial charge in [-0.3, -0.25) is 0 Å². The minimum absolute atomic E-state index is 0.0783. The zero-order chi connectivity index (χ0) is 42.0. The maximum absolute atomic E-state index is 9.47. The molecule has 8 aromatic carbocycles. The van der Waals surface area contributed by atoms with Crippen LogP contribution in [0.2, 0.25) is 0 Å². The van der Waals surface area contributed by atoms with Crippen molar-refractivity contribution in [3.8, 4) is 27.9 Å². The van der Waals surface area contributed by atoms with Crippen LogP contribution in [0.25, 0.3) is 49.7 Å². The van der Waals surface area contributed by atoms with E-state index in [4.69, 9.17) is 8.22 Å². The molecule has 0 fully saturated rings. The highest BCUT2D eigenvalue weighted by atomic mass is 28.3. The number of benzene rings is 8. The summed E-state index contributed by atoms with van der Waals surface area (Å²) in [7, 11) is -3.51. The van der Waals surface area contributed by atoms with Crippen molar-refractivity contribution in [3.63, 3.8) is 0 Å². The molecule has 1 heterocycles. The molecular weight excluding hydrogens is 619 g/mol. The van der Waals surface area contributed by atoms with Crippen LogP contribution in [0.4, 0.5) is 0 Å². The number of hydrogen-bond donors (Lipinski definition) is 0. The second kappa shape index (κ2) is 12.7. The summed E-state index contributed by atoms with van der Waals surface area (Å²) in [6.45, 7) is 0. The molecule has 0 N–H and O–H groups in total. The quantitative estimate of drug-likeness (QED) is 0.118. The number of hydrogen-bond acceptors (Lipinski definition) is 0. The molecule has 0 unspecified atom stereocenters. The third-order valence-electron chi connectivity index (χ3n) is 9.51. The van der Waals surface area contributed by atoms with Crippen LogP contribution in [0.5, 0.6) is 0 Å². The molecular formula is C48H35NSi. The highest BCUT2D eigenvalue weighted by Gasteiger charge is 2.42. The Morgan fingerprint density at radius 3 is 1.14 bits per heavy atom. The largest absolute Gasteiger partial charge is 0.308 e. The standard InChI is InChI=1S/C48H35NSi/c1-6-20-36(21-7-1)44-34-41(50(38-24-10-3-11-25-38,39-26-12-4-13-27-39)40-28-14-5-15-29-40)35-45(37-22-8-2-9-23-37)48(44)49-46-32-18-16-30-42(46)43-31-17-19-33-47(43)49/h1-35H/i1D,2D,6D,7D,8D,9D,20D,21D,22D,23D. The van der Waals surface area contributed by atoms with Gasteiger partial charge in [-0.2, -0.15) is 0 Å². The first-order chi connectivity index (χ1) is 29.0. The number of fused-ring (bicyclic) bond motifs is 3. The molecule has 0 spiro atoms. The zero-order valence-corrected chi connectivity index (χ0v) is 27.9. The first kappa shape index (κ1) is 21.0. The molecule has 9 aromatic rings. The van der Waals surface area contributed by atoms with E-state index in [0.29, 0.717) is 21.9 Å². The Bertz CT molecular complexity index is 2850. The lowest BCUT2D eigenvalue weighted by Crippen LogP contribution is -2.74. The fraction of sp³-hybridized carbons (Fsp3) is 0. The van der Waals surface area contributed by atoms with E-state index < -0.39 is 68.5 Å². The smallest absolute Gasteiger partial charge is 0.179 e. The van der Waals surface area contributed by atoms with Crippen molar-refractivity contribution in [3.05, 3.63) is 212 Å². The molecule has 0 atom stereocenters. The maximum atomic E-state index is 9.47. The first-order valence-electron chi connectivity index (χ1n) is 21.5. The number of nitrogens with zero attached hydrogens (tertiary/aromatic N) is 1. The summed E-state index contributed by atoms with van der Waals surface area (Å²) in [5.74, 6) is 0. The summed E-state index contributed by atoms with van der Waals surface area (Å²) in [5, 5.41) is 5.39. The third-order valence-corrected chi connectivity index (χ3v) is 14.3. The van der Waals surface area contributed by atoms with Gasteiger partial charge in [0.05, 0.1) is 30.4 Å². The zero-order valence-electron chi connectivity index (χ0n) is 36.9. The summed E-state index contributed by atoms with van der Waals surface area (Å²) in [5.41, 5.74) is 2.08. The Labute approximate surface area is 308 Å². The third kappa shape index (κ3) is 4.84. The van der Waals surface area contributed by atoms with Crippen LogP contribution in [-0.4, -0.2) is 12.6 Å². The van der Waals surface area contributed by atoms with E-state index >= 15 is 0 Å². The van der Waals surface area contributed by atoms with E-state index in [-0.39, 0.29) is 22.3 Å². The lowest BCUT2D eigenvalue weighted by atomic mass is 9.95. The van der Waals surface area contributed by atoms with E-state index in [1.54, 1.807) is 0 Å². The van der Waals surface area contributed by atoms with Gasteiger partial charge >= 0.3 is 0 Å². The van der Waals surface area contributed by atoms with Crippen LogP contribution in [0.15, 0.2) is 212 Å². The maximum Gasteiger partial charge on any atom is 0.179 e. The minimum atomic E-state index is -3.51. The van der Waals surface area contributed by atoms with Gasteiger partial charge in [-0.15, -0.1) is 0 Å². The van der Waals surface area contributed by atoms with Crippen molar-refractivity contribution in [2.24, 2.45) is 0 Å². The van der Waals surface area contributed by atoms with E-state index in [1.807, 2.05) is 120 Å². The van der Waals surface area contributed by atoms with Crippen LogP contribution in [0, 0.1) is 0 Å². The van der Waals surface area contributed by atoms with Gasteiger partial charge in [-0.1, -0.05) is 200 Å². The van der Waals surface area contributed by atoms with Crippen molar-refractivity contribution in [2.45, 2.75) is 0 Å². The van der Waals surface area contributed by atoms with Gasteiger partial charge in [-0.25, -0.2) is 0 Å². The normalized spacial score (nSPS) is 14.4. The highest BCUT2D eigenvalue weighted by molar-refractivity contribution is 7.20. The van der Waals surface area contributed by atoms with Gasteiger partial charge in [-0.05, 0) is 44.0 Å². The van der Waals surface area contributed by atoms with Gasteiger partial charge < -0.3 is 4.57 Å². The monoisotopic (exact) mass is 663 g/mol. The molecule has 9 rings (SSSR count). The molecule has 0 amide bonds. The Balaban J connectivity index is 1.62. The van der Waals surface area contributed by atoms with E-state index in [0.717, 1.165) is 26.3 Å². The van der Waals surface area contributed by atoms with E-state index in [1.165, 1.54) is 0 Å².